The maximum absolute atomic E-state index is 13.2. The first-order valence-electron chi connectivity index (χ1n) is 11.6. The van der Waals surface area contributed by atoms with Gasteiger partial charge in [-0.1, -0.05) is 19.3 Å². The van der Waals surface area contributed by atoms with Crippen LogP contribution in [-0.4, -0.2) is 27.4 Å². The van der Waals surface area contributed by atoms with Crippen molar-refractivity contribution >= 4 is 11.7 Å². The molecule has 12 heteroatoms. The predicted molar refractivity (Wildman–Crippen MR) is 125 cm³/mol. The number of nitrogens with one attached hydrogen (secondary N) is 2. The molecule has 0 atom stereocenters. The van der Waals surface area contributed by atoms with Gasteiger partial charge < -0.3 is 16.0 Å². The Morgan fingerprint density at radius 3 is 2.22 bits per heavy atom. The zero-order valence-corrected chi connectivity index (χ0v) is 19.9. The Balaban J connectivity index is 1.61. The summed E-state index contributed by atoms with van der Waals surface area (Å²) < 4.78 is 79.4. The Bertz CT molecular complexity index is 1260. The average Bonchev–Trinajstić information content (AvgIpc) is 3.34. The quantitative estimate of drug-likeness (QED) is 0.354. The monoisotopic (exact) mass is 525 g/mol. The maximum atomic E-state index is 13.2. The third-order valence-electron chi connectivity index (χ3n) is 6.77. The molecule has 0 aliphatic heterocycles. The van der Waals surface area contributed by atoms with Gasteiger partial charge >= 0.3 is 12.4 Å². The lowest BCUT2D eigenvalue weighted by Gasteiger charge is -2.37. The molecule has 0 spiro atoms. The summed E-state index contributed by atoms with van der Waals surface area (Å²) in [5.74, 6) is -0.265. The lowest BCUT2D eigenvalue weighted by Crippen LogP contribution is -2.42. The number of benzene rings is 1. The number of nitrogens with two attached hydrogens (primary N) is 1. The van der Waals surface area contributed by atoms with E-state index in [2.05, 4.69) is 20.3 Å². The highest BCUT2D eigenvalue weighted by Crippen LogP contribution is 2.40. The van der Waals surface area contributed by atoms with Crippen molar-refractivity contribution < 1.29 is 31.1 Å². The van der Waals surface area contributed by atoms with E-state index in [0.29, 0.717) is 42.2 Å². The first-order valence-corrected chi connectivity index (χ1v) is 11.6. The molecule has 3 aromatic rings. The van der Waals surface area contributed by atoms with Crippen LogP contribution in [0.2, 0.25) is 0 Å². The number of nitrogen functional groups attached to an aromatic ring is 1. The lowest BCUT2D eigenvalue weighted by molar-refractivity contribution is -0.143. The molecule has 6 nitrogen and oxygen atoms in total. The summed E-state index contributed by atoms with van der Waals surface area (Å²) >= 11 is 0. The number of carbonyl (C=O) groups excluding carboxylic acids is 1. The highest BCUT2D eigenvalue weighted by Gasteiger charge is 2.39. The largest absolute Gasteiger partial charge is 0.416 e. The fraction of sp³-hybridized carbons (Fsp3) is 0.400. The van der Waals surface area contributed by atoms with Gasteiger partial charge in [-0.3, -0.25) is 4.79 Å². The molecule has 0 bridgehead atoms. The van der Waals surface area contributed by atoms with Crippen LogP contribution in [0.25, 0.3) is 11.4 Å². The summed E-state index contributed by atoms with van der Waals surface area (Å²) in [5, 5.41) is 2.59. The molecule has 0 saturated heterocycles. The van der Waals surface area contributed by atoms with Crippen molar-refractivity contribution in [3.8, 4) is 11.4 Å². The van der Waals surface area contributed by atoms with Gasteiger partial charge in [0, 0.05) is 46.7 Å². The molecule has 1 fully saturated rings. The van der Waals surface area contributed by atoms with Crippen molar-refractivity contribution in [1.82, 2.24) is 20.3 Å². The first kappa shape index (κ1) is 26.5. The van der Waals surface area contributed by atoms with Gasteiger partial charge in [0.2, 0.25) is 0 Å². The van der Waals surface area contributed by atoms with Crippen LogP contribution in [0.15, 0.2) is 36.7 Å². The summed E-state index contributed by atoms with van der Waals surface area (Å²) in [4.78, 5) is 24.6. The third-order valence-corrected chi connectivity index (χ3v) is 6.77. The van der Waals surface area contributed by atoms with Crippen molar-refractivity contribution in [2.75, 3.05) is 12.3 Å². The SMILES string of the molecule is Cc1cnc(-c2c[nH]c(C3(CNC(=O)c4cc(C(F)(F)F)cc(C(F)(F)F)c4)CCCCC3)c2)nc1N. The number of carbonyl (C=O) groups is 1. The van der Waals surface area contributed by atoms with Gasteiger partial charge in [-0.15, -0.1) is 0 Å². The summed E-state index contributed by atoms with van der Waals surface area (Å²) in [6, 6.07) is 2.71. The van der Waals surface area contributed by atoms with E-state index in [1.165, 1.54) is 0 Å². The average molecular weight is 525 g/mol. The minimum atomic E-state index is -5.04. The van der Waals surface area contributed by atoms with Crippen molar-refractivity contribution in [3.05, 3.63) is 64.6 Å². The Hall–Kier alpha value is -3.57. The van der Waals surface area contributed by atoms with Crippen LogP contribution < -0.4 is 11.1 Å². The maximum Gasteiger partial charge on any atom is 0.416 e. The second-order valence-electron chi connectivity index (χ2n) is 9.38. The minimum Gasteiger partial charge on any atom is -0.383 e. The molecule has 2 aromatic heterocycles. The van der Waals surface area contributed by atoms with E-state index in [1.807, 2.05) is 6.07 Å². The number of aromatic nitrogens is 3. The molecule has 2 heterocycles. The number of hydrogen-bond donors (Lipinski definition) is 3. The van der Waals surface area contributed by atoms with E-state index in [1.54, 1.807) is 19.3 Å². The first-order chi connectivity index (χ1) is 17.3. The normalized spacial score (nSPS) is 16.0. The molecular weight excluding hydrogens is 500 g/mol. The number of H-pyrrole nitrogens is 1. The number of hydrogen-bond acceptors (Lipinski definition) is 4. The van der Waals surface area contributed by atoms with Crippen LogP contribution >= 0.6 is 0 Å². The number of anilines is 1. The molecule has 1 aromatic carbocycles. The highest BCUT2D eigenvalue weighted by atomic mass is 19.4. The Morgan fingerprint density at radius 1 is 1.03 bits per heavy atom. The molecule has 37 heavy (non-hydrogen) atoms. The van der Waals surface area contributed by atoms with Gasteiger partial charge in [-0.05, 0) is 44.0 Å². The fourth-order valence-electron chi connectivity index (χ4n) is 4.63. The molecular formula is C25H25F6N5O. The Labute approximate surface area is 208 Å². The predicted octanol–water partition coefficient (Wildman–Crippen LogP) is 6.03. The molecule has 0 radical (unpaired) electrons. The van der Waals surface area contributed by atoms with Gasteiger partial charge in [0.25, 0.3) is 5.91 Å². The number of aryl methyl sites for hydroxylation is 1. The Morgan fingerprint density at radius 2 is 1.65 bits per heavy atom. The fourth-order valence-corrected chi connectivity index (χ4v) is 4.63. The van der Waals surface area contributed by atoms with Gasteiger partial charge in [0.1, 0.15) is 5.82 Å². The second kappa shape index (κ2) is 9.71. The number of aromatic amines is 1. The zero-order chi connectivity index (χ0) is 27.0. The Kier molecular flexibility index (Phi) is 6.95. The molecule has 4 rings (SSSR count). The molecule has 4 N–H and O–H groups in total. The standard InChI is InChI=1S/C25H25F6N5O/c1-14-11-34-21(36-20(14)32)16-9-19(33-12-16)23(5-3-2-4-6-23)13-35-22(37)15-7-17(24(26,27)28)10-18(8-15)25(29,30)31/h7-12,33H,2-6,13H2,1H3,(H,35,37)(H2,32,34,36). The third kappa shape index (κ3) is 5.72. The van der Waals surface area contributed by atoms with E-state index in [9.17, 15) is 31.1 Å². The van der Waals surface area contributed by atoms with E-state index in [4.69, 9.17) is 5.73 Å². The number of halogens is 6. The number of alkyl halides is 6. The van der Waals surface area contributed by atoms with Gasteiger partial charge in [0.05, 0.1) is 11.1 Å². The summed E-state index contributed by atoms with van der Waals surface area (Å²) in [5.41, 5.74) is 3.70. The smallest absolute Gasteiger partial charge is 0.383 e. The molecule has 1 aliphatic rings. The lowest BCUT2D eigenvalue weighted by atomic mass is 9.71. The summed E-state index contributed by atoms with van der Waals surface area (Å²) in [6.07, 6.45) is -2.76. The van der Waals surface area contributed by atoms with Crippen LogP contribution in [0.5, 0.6) is 0 Å². The van der Waals surface area contributed by atoms with E-state index < -0.39 is 40.4 Å². The van der Waals surface area contributed by atoms with Crippen LogP contribution in [-0.2, 0) is 17.8 Å². The van der Waals surface area contributed by atoms with Crippen molar-refractivity contribution in [3.63, 3.8) is 0 Å². The molecule has 1 amide bonds. The van der Waals surface area contributed by atoms with Crippen LogP contribution in [0, 0.1) is 6.92 Å². The number of nitrogens with zero attached hydrogens (tertiary/aromatic N) is 2. The van der Waals surface area contributed by atoms with Crippen molar-refractivity contribution in [2.24, 2.45) is 0 Å². The van der Waals surface area contributed by atoms with Gasteiger partial charge in [-0.2, -0.15) is 26.3 Å². The van der Waals surface area contributed by atoms with Gasteiger partial charge in [0.15, 0.2) is 5.82 Å². The second-order valence-corrected chi connectivity index (χ2v) is 9.38. The van der Waals surface area contributed by atoms with Crippen LogP contribution in [0.1, 0.15) is 64.8 Å². The molecule has 1 saturated carbocycles. The highest BCUT2D eigenvalue weighted by molar-refractivity contribution is 5.94. The molecule has 1 aliphatic carbocycles. The van der Waals surface area contributed by atoms with E-state index in [0.717, 1.165) is 30.5 Å². The van der Waals surface area contributed by atoms with E-state index >= 15 is 0 Å². The molecule has 0 unspecified atom stereocenters. The van der Waals surface area contributed by atoms with Crippen LogP contribution in [0.4, 0.5) is 32.2 Å². The van der Waals surface area contributed by atoms with Gasteiger partial charge in [-0.25, -0.2) is 9.97 Å². The van der Waals surface area contributed by atoms with Crippen molar-refractivity contribution in [2.45, 2.75) is 56.8 Å². The minimum absolute atomic E-state index is 0.000233. The number of rotatable bonds is 5. The molecule has 198 valence electrons. The van der Waals surface area contributed by atoms with Crippen molar-refractivity contribution in [1.29, 1.82) is 0 Å². The summed E-state index contributed by atoms with van der Waals surface area (Å²) in [7, 11) is 0. The number of amides is 1. The summed E-state index contributed by atoms with van der Waals surface area (Å²) in [6.45, 7) is 1.81. The topological polar surface area (TPSA) is 96.7 Å². The zero-order valence-electron chi connectivity index (χ0n) is 19.9. The van der Waals surface area contributed by atoms with Crippen LogP contribution in [0.3, 0.4) is 0 Å². The van der Waals surface area contributed by atoms with E-state index in [-0.39, 0.29) is 12.6 Å².